The van der Waals surface area contributed by atoms with E-state index in [0.717, 1.165) is 24.3 Å². The van der Waals surface area contributed by atoms with Crippen molar-refractivity contribution in [3.63, 3.8) is 0 Å². The lowest BCUT2D eigenvalue weighted by molar-refractivity contribution is 0.122. The molecular formula is C11H10Cl2N4O. The first-order chi connectivity index (χ1) is 8.74. The van der Waals surface area contributed by atoms with Crippen molar-refractivity contribution in [2.75, 3.05) is 31.2 Å². The van der Waals surface area contributed by atoms with E-state index in [1.54, 1.807) is 12.3 Å². The van der Waals surface area contributed by atoms with Crippen LogP contribution in [0, 0.1) is 0 Å². The number of halogens is 2. The lowest BCUT2D eigenvalue weighted by Crippen LogP contribution is -2.37. The summed E-state index contributed by atoms with van der Waals surface area (Å²) in [5.41, 5.74) is 0.695. The lowest BCUT2D eigenvalue weighted by Gasteiger charge is -2.28. The van der Waals surface area contributed by atoms with Gasteiger partial charge in [-0.15, -0.1) is 0 Å². The van der Waals surface area contributed by atoms with Crippen molar-refractivity contribution in [3.8, 4) is 0 Å². The van der Waals surface area contributed by atoms with Crippen LogP contribution >= 0.6 is 23.2 Å². The maximum Gasteiger partial charge on any atom is 0.224 e. The Bertz CT molecular complexity index is 587. The number of ether oxygens (including phenoxy) is 1. The van der Waals surface area contributed by atoms with E-state index in [0.29, 0.717) is 23.9 Å². The van der Waals surface area contributed by atoms with Crippen LogP contribution in [0.5, 0.6) is 0 Å². The predicted octanol–water partition coefficient (Wildman–Crippen LogP) is 2.17. The summed E-state index contributed by atoms with van der Waals surface area (Å²) in [5, 5.41) is 1.50. The summed E-state index contributed by atoms with van der Waals surface area (Å²) in [5.74, 6) is 0.789. The minimum atomic E-state index is 0.216. The molecule has 1 saturated heterocycles. The second-order valence-corrected chi connectivity index (χ2v) is 4.67. The van der Waals surface area contributed by atoms with Gasteiger partial charge in [-0.1, -0.05) is 11.6 Å². The zero-order valence-electron chi connectivity index (χ0n) is 9.44. The molecule has 0 aromatic carbocycles. The lowest BCUT2D eigenvalue weighted by atomic mass is 10.2. The largest absolute Gasteiger partial charge is 0.378 e. The fourth-order valence-electron chi connectivity index (χ4n) is 1.98. The van der Waals surface area contributed by atoms with Gasteiger partial charge in [-0.05, 0) is 17.7 Å². The third-order valence-electron chi connectivity index (χ3n) is 2.81. The Morgan fingerprint density at radius 2 is 1.94 bits per heavy atom. The molecule has 94 valence electrons. The van der Waals surface area contributed by atoms with Crippen molar-refractivity contribution >= 4 is 39.9 Å². The first-order valence-corrected chi connectivity index (χ1v) is 6.31. The second kappa shape index (κ2) is 4.84. The zero-order chi connectivity index (χ0) is 12.5. The van der Waals surface area contributed by atoms with E-state index in [1.165, 1.54) is 0 Å². The molecule has 0 N–H and O–H groups in total. The standard InChI is InChI=1S/C11H10Cl2N4O/c12-9-5-7-8(6-14-9)15-11(13)16-10(7)17-1-3-18-4-2-17/h5-6H,1-4H2. The van der Waals surface area contributed by atoms with Gasteiger partial charge in [-0.3, -0.25) is 0 Å². The maximum absolute atomic E-state index is 5.94. The van der Waals surface area contributed by atoms with Crippen molar-refractivity contribution in [1.82, 2.24) is 15.0 Å². The molecule has 2 aromatic rings. The Morgan fingerprint density at radius 3 is 2.72 bits per heavy atom. The van der Waals surface area contributed by atoms with Crippen molar-refractivity contribution in [3.05, 3.63) is 22.7 Å². The molecule has 1 aliphatic heterocycles. The van der Waals surface area contributed by atoms with Crippen molar-refractivity contribution < 1.29 is 4.74 Å². The van der Waals surface area contributed by atoms with E-state index in [2.05, 4.69) is 19.9 Å². The highest BCUT2D eigenvalue weighted by Gasteiger charge is 2.17. The minimum Gasteiger partial charge on any atom is -0.378 e. The average Bonchev–Trinajstić information content (AvgIpc) is 2.39. The van der Waals surface area contributed by atoms with Crippen LogP contribution in [0.4, 0.5) is 5.82 Å². The first-order valence-electron chi connectivity index (χ1n) is 5.55. The molecule has 0 spiro atoms. The quantitative estimate of drug-likeness (QED) is 0.593. The van der Waals surface area contributed by atoms with Gasteiger partial charge in [0, 0.05) is 18.5 Å². The van der Waals surface area contributed by atoms with Gasteiger partial charge in [-0.25, -0.2) is 9.97 Å². The highest BCUT2D eigenvalue weighted by molar-refractivity contribution is 6.30. The zero-order valence-corrected chi connectivity index (χ0v) is 10.9. The molecule has 0 atom stereocenters. The topological polar surface area (TPSA) is 51.1 Å². The van der Waals surface area contributed by atoms with Gasteiger partial charge < -0.3 is 9.64 Å². The van der Waals surface area contributed by atoms with E-state index in [1.807, 2.05) is 0 Å². The molecule has 0 unspecified atom stereocenters. The van der Waals surface area contributed by atoms with E-state index >= 15 is 0 Å². The fourth-order valence-corrected chi connectivity index (χ4v) is 2.31. The highest BCUT2D eigenvalue weighted by atomic mass is 35.5. The number of aromatic nitrogens is 3. The van der Waals surface area contributed by atoms with Crippen LogP contribution in [-0.2, 0) is 4.74 Å². The summed E-state index contributed by atoms with van der Waals surface area (Å²) in [6.07, 6.45) is 1.61. The van der Waals surface area contributed by atoms with Crippen LogP contribution in [0.1, 0.15) is 0 Å². The van der Waals surface area contributed by atoms with Crippen molar-refractivity contribution in [1.29, 1.82) is 0 Å². The molecule has 7 heteroatoms. The molecule has 0 radical (unpaired) electrons. The van der Waals surface area contributed by atoms with Crippen molar-refractivity contribution in [2.45, 2.75) is 0 Å². The molecule has 0 aliphatic carbocycles. The second-order valence-electron chi connectivity index (χ2n) is 3.94. The average molecular weight is 285 g/mol. The van der Waals surface area contributed by atoms with Crippen LogP contribution in [0.2, 0.25) is 10.4 Å². The molecule has 0 bridgehead atoms. The van der Waals surface area contributed by atoms with Gasteiger partial charge in [0.05, 0.1) is 24.9 Å². The number of morpholine rings is 1. The molecule has 0 saturated carbocycles. The molecule has 1 fully saturated rings. The summed E-state index contributed by atoms with van der Waals surface area (Å²) in [6, 6.07) is 1.76. The third kappa shape index (κ3) is 2.21. The molecule has 18 heavy (non-hydrogen) atoms. The Kier molecular flexibility index (Phi) is 3.20. The van der Waals surface area contributed by atoms with Gasteiger partial charge in [0.1, 0.15) is 11.0 Å². The highest BCUT2D eigenvalue weighted by Crippen LogP contribution is 2.27. The SMILES string of the molecule is Clc1cc2c(N3CCOCC3)nc(Cl)nc2cn1. The van der Waals surface area contributed by atoms with Gasteiger partial charge in [0.15, 0.2) is 0 Å². The molecule has 0 amide bonds. The molecule has 3 rings (SSSR count). The Morgan fingerprint density at radius 1 is 1.17 bits per heavy atom. The normalized spacial score (nSPS) is 16.2. The third-order valence-corrected chi connectivity index (χ3v) is 3.19. The van der Waals surface area contributed by atoms with Gasteiger partial charge >= 0.3 is 0 Å². The number of rotatable bonds is 1. The monoisotopic (exact) mass is 284 g/mol. The number of hydrogen-bond acceptors (Lipinski definition) is 5. The summed E-state index contributed by atoms with van der Waals surface area (Å²) < 4.78 is 5.33. The number of nitrogens with zero attached hydrogens (tertiary/aromatic N) is 4. The smallest absolute Gasteiger partial charge is 0.224 e. The minimum absolute atomic E-state index is 0.216. The predicted molar refractivity (Wildman–Crippen MR) is 70.4 cm³/mol. The molecule has 3 heterocycles. The number of fused-ring (bicyclic) bond motifs is 1. The van der Waals surface area contributed by atoms with Crippen LogP contribution < -0.4 is 4.90 Å². The van der Waals surface area contributed by atoms with Gasteiger partial charge in [-0.2, -0.15) is 4.98 Å². The van der Waals surface area contributed by atoms with Crippen LogP contribution in [-0.4, -0.2) is 41.3 Å². The molecule has 1 aliphatic rings. The molecule has 2 aromatic heterocycles. The molecule has 5 nitrogen and oxygen atoms in total. The van der Waals surface area contributed by atoms with E-state index in [-0.39, 0.29) is 5.28 Å². The van der Waals surface area contributed by atoms with Crippen LogP contribution in [0.15, 0.2) is 12.3 Å². The van der Waals surface area contributed by atoms with E-state index in [4.69, 9.17) is 27.9 Å². The van der Waals surface area contributed by atoms with Crippen molar-refractivity contribution in [2.24, 2.45) is 0 Å². The fraction of sp³-hybridized carbons (Fsp3) is 0.364. The number of pyridine rings is 1. The summed E-state index contributed by atoms with van der Waals surface area (Å²) in [6.45, 7) is 2.93. The summed E-state index contributed by atoms with van der Waals surface area (Å²) in [7, 11) is 0. The first kappa shape index (κ1) is 11.9. The van der Waals surface area contributed by atoms with Gasteiger partial charge in [0.25, 0.3) is 0 Å². The summed E-state index contributed by atoms with van der Waals surface area (Å²) >= 11 is 11.9. The van der Waals surface area contributed by atoms with E-state index in [9.17, 15) is 0 Å². The maximum atomic E-state index is 5.94. The Labute approximate surface area is 114 Å². The van der Waals surface area contributed by atoms with Crippen LogP contribution in [0.3, 0.4) is 0 Å². The van der Waals surface area contributed by atoms with Gasteiger partial charge in [0.2, 0.25) is 5.28 Å². The van der Waals surface area contributed by atoms with E-state index < -0.39 is 0 Å². The number of anilines is 1. The summed E-state index contributed by atoms with van der Waals surface area (Å²) in [4.78, 5) is 14.6. The number of hydrogen-bond donors (Lipinski definition) is 0. The molecular weight excluding hydrogens is 275 g/mol. The Balaban J connectivity index is 2.16. The van der Waals surface area contributed by atoms with Crippen LogP contribution in [0.25, 0.3) is 10.9 Å². The Hall–Kier alpha value is -1.17.